The van der Waals surface area contributed by atoms with Gasteiger partial charge in [-0.15, -0.1) is 0 Å². The minimum atomic E-state index is -0.632. The van der Waals surface area contributed by atoms with Crippen LogP contribution in [0.5, 0.6) is 11.5 Å². The molecule has 6 heteroatoms. The first-order valence-corrected chi connectivity index (χ1v) is 11.3. The number of amides is 1. The van der Waals surface area contributed by atoms with Crippen LogP contribution in [0, 0.1) is 0 Å². The predicted octanol–water partition coefficient (Wildman–Crippen LogP) is 4.36. The number of ether oxygens (including phenoxy) is 2. The highest BCUT2D eigenvalue weighted by molar-refractivity contribution is 6.02. The van der Waals surface area contributed by atoms with Crippen molar-refractivity contribution in [1.29, 1.82) is 0 Å². The summed E-state index contributed by atoms with van der Waals surface area (Å²) in [5.74, 6) is 1.16. The van der Waals surface area contributed by atoms with E-state index >= 15 is 0 Å². The van der Waals surface area contributed by atoms with Crippen molar-refractivity contribution in [3.05, 3.63) is 89.5 Å². The van der Waals surface area contributed by atoms with E-state index in [9.17, 15) is 9.90 Å². The molecule has 2 aliphatic rings. The van der Waals surface area contributed by atoms with Crippen LogP contribution < -0.4 is 14.8 Å². The zero-order valence-corrected chi connectivity index (χ0v) is 18.7. The summed E-state index contributed by atoms with van der Waals surface area (Å²) in [7, 11) is 2.01. The number of hydrogen-bond donors (Lipinski definition) is 2. The number of aliphatic hydroxyl groups is 1. The first-order chi connectivity index (χ1) is 16.6. The molecular formula is C28H24N2O4. The monoisotopic (exact) mass is 452 g/mol. The summed E-state index contributed by atoms with van der Waals surface area (Å²) >= 11 is 0. The lowest BCUT2D eigenvalue weighted by Gasteiger charge is -2.16. The Labute approximate surface area is 197 Å². The molecule has 1 amide bonds. The van der Waals surface area contributed by atoms with Crippen molar-refractivity contribution in [2.24, 2.45) is 7.05 Å². The molecular weight excluding hydrogens is 428 g/mol. The van der Waals surface area contributed by atoms with Gasteiger partial charge in [0.05, 0.1) is 23.4 Å². The van der Waals surface area contributed by atoms with Crippen molar-refractivity contribution in [1.82, 2.24) is 9.88 Å². The minimum absolute atomic E-state index is 0.204. The van der Waals surface area contributed by atoms with E-state index in [4.69, 9.17) is 9.47 Å². The number of fused-ring (bicyclic) bond motifs is 3. The van der Waals surface area contributed by atoms with Crippen LogP contribution in [-0.4, -0.2) is 28.5 Å². The van der Waals surface area contributed by atoms with Crippen LogP contribution in [0.15, 0.2) is 72.8 Å². The highest BCUT2D eigenvalue weighted by Crippen LogP contribution is 2.42. The number of carbonyl (C=O) groups is 1. The Bertz CT molecular complexity index is 1440. The average molecular weight is 453 g/mol. The second kappa shape index (κ2) is 8.08. The van der Waals surface area contributed by atoms with Crippen LogP contribution in [0.1, 0.15) is 22.7 Å². The quantitative estimate of drug-likeness (QED) is 0.451. The van der Waals surface area contributed by atoms with Gasteiger partial charge in [0.2, 0.25) is 12.7 Å². The molecule has 170 valence electrons. The molecule has 3 aromatic carbocycles. The molecule has 2 heterocycles. The van der Waals surface area contributed by atoms with Gasteiger partial charge in [-0.2, -0.15) is 0 Å². The molecule has 0 radical (unpaired) electrons. The molecule has 0 unspecified atom stereocenters. The van der Waals surface area contributed by atoms with Gasteiger partial charge in [-0.1, -0.05) is 54.6 Å². The van der Waals surface area contributed by atoms with E-state index in [1.54, 1.807) is 6.08 Å². The molecule has 1 aromatic heterocycles. The summed E-state index contributed by atoms with van der Waals surface area (Å²) in [5.41, 5.74) is 5.99. The summed E-state index contributed by atoms with van der Waals surface area (Å²) in [6, 6.07) is 21.5. The Morgan fingerprint density at radius 3 is 2.62 bits per heavy atom. The highest BCUT2D eigenvalue weighted by Gasteiger charge is 2.31. The molecule has 0 saturated heterocycles. The number of hydrogen-bond acceptors (Lipinski definition) is 4. The number of nitrogens with one attached hydrogen (secondary N) is 1. The fourth-order valence-electron chi connectivity index (χ4n) is 5.08. The lowest BCUT2D eigenvalue weighted by molar-refractivity contribution is -0.117. The van der Waals surface area contributed by atoms with E-state index in [2.05, 4.69) is 22.0 Å². The number of carbonyl (C=O) groups excluding carboxylic acids is 1. The van der Waals surface area contributed by atoms with Crippen LogP contribution in [0.3, 0.4) is 0 Å². The number of nitrogens with zero attached hydrogens (tertiary/aromatic N) is 1. The molecule has 1 aliphatic carbocycles. The summed E-state index contributed by atoms with van der Waals surface area (Å²) in [4.78, 5) is 12.9. The van der Waals surface area contributed by atoms with Gasteiger partial charge in [-0.05, 0) is 28.8 Å². The molecule has 4 aromatic rings. The van der Waals surface area contributed by atoms with E-state index < -0.39 is 12.1 Å². The molecule has 1 aliphatic heterocycles. The Morgan fingerprint density at radius 2 is 1.79 bits per heavy atom. The second-order valence-electron chi connectivity index (χ2n) is 8.70. The summed E-state index contributed by atoms with van der Waals surface area (Å²) in [5, 5.41) is 14.5. The van der Waals surface area contributed by atoms with E-state index in [-0.39, 0.29) is 12.7 Å². The van der Waals surface area contributed by atoms with E-state index in [0.717, 1.165) is 44.6 Å². The molecule has 2 N–H and O–H groups in total. The number of rotatable bonds is 4. The van der Waals surface area contributed by atoms with E-state index in [0.29, 0.717) is 12.2 Å². The van der Waals surface area contributed by atoms with Gasteiger partial charge < -0.3 is 24.5 Å². The minimum Gasteiger partial charge on any atom is -0.454 e. The molecule has 0 saturated carbocycles. The Morgan fingerprint density at radius 1 is 1.06 bits per heavy atom. The van der Waals surface area contributed by atoms with Gasteiger partial charge in [0.1, 0.15) is 0 Å². The zero-order chi connectivity index (χ0) is 23.2. The topological polar surface area (TPSA) is 72.7 Å². The van der Waals surface area contributed by atoms with Gasteiger partial charge in [-0.3, -0.25) is 4.79 Å². The van der Waals surface area contributed by atoms with Crippen molar-refractivity contribution in [2.45, 2.75) is 18.6 Å². The van der Waals surface area contributed by atoms with Crippen LogP contribution in [-0.2, 0) is 18.3 Å². The maximum absolute atomic E-state index is 12.9. The third-order valence-corrected chi connectivity index (χ3v) is 6.68. The fourth-order valence-corrected chi connectivity index (χ4v) is 5.08. The molecule has 34 heavy (non-hydrogen) atoms. The standard InChI is InChI=1S/C28H24N2O4/c1-30-22-15-25-24(33-16-34-25)14-21(22)20(28(30)17-7-3-2-4-8-17)11-12-26(32)29-27-19-10-6-5-9-18(19)13-23(27)31/h2-12,14-15,23,27,31H,13,16H2,1H3,(H,29,32)/t23-,27+/m0/s1. The number of aliphatic hydroxyl groups excluding tert-OH is 1. The van der Waals surface area contributed by atoms with Gasteiger partial charge >= 0.3 is 0 Å². The zero-order valence-electron chi connectivity index (χ0n) is 18.7. The predicted molar refractivity (Wildman–Crippen MR) is 131 cm³/mol. The number of benzene rings is 3. The normalized spacial score (nSPS) is 18.5. The number of aromatic nitrogens is 1. The molecule has 2 atom stereocenters. The lowest BCUT2D eigenvalue weighted by Crippen LogP contribution is -2.32. The van der Waals surface area contributed by atoms with Gasteiger partial charge in [0.15, 0.2) is 11.5 Å². The van der Waals surface area contributed by atoms with Crippen LogP contribution in [0.25, 0.3) is 28.2 Å². The fraction of sp³-hybridized carbons (Fsp3) is 0.179. The first-order valence-electron chi connectivity index (χ1n) is 11.3. The Balaban J connectivity index is 1.39. The maximum atomic E-state index is 12.9. The summed E-state index contributed by atoms with van der Waals surface area (Å²) in [6.07, 6.45) is 3.29. The Kier molecular flexibility index (Phi) is 4.89. The highest BCUT2D eigenvalue weighted by atomic mass is 16.7. The molecule has 6 nitrogen and oxygen atoms in total. The van der Waals surface area contributed by atoms with Crippen molar-refractivity contribution in [3.8, 4) is 22.8 Å². The third-order valence-electron chi connectivity index (χ3n) is 6.68. The van der Waals surface area contributed by atoms with Crippen molar-refractivity contribution < 1.29 is 19.4 Å². The van der Waals surface area contributed by atoms with Crippen molar-refractivity contribution >= 4 is 22.9 Å². The average Bonchev–Trinajstić information content (AvgIpc) is 3.51. The molecule has 6 rings (SSSR count). The third kappa shape index (κ3) is 3.35. The van der Waals surface area contributed by atoms with Crippen LogP contribution in [0.4, 0.5) is 0 Å². The van der Waals surface area contributed by atoms with Gasteiger partial charge in [0, 0.05) is 36.6 Å². The summed E-state index contributed by atoms with van der Waals surface area (Å²) < 4.78 is 13.3. The summed E-state index contributed by atoms with van der Waals surface area (Å²) in [6.45, 7) is 0.204. The van der Waals surface area contributed by atoms with E-state index in [1.165, 1.54) is 0 Å². The molecule has 0 bridgehead atoms. The first kappa shape index (κ1) is 20.6. The largest absolute Gasteiger partial charge is 0.454 e. The number of aryl methyl sites for hydroxylation is 1. The maximum Gasteiger partial charge on any atom is 0.244 e. The van der Waals surface area contributed by atoms with Crippen LogP contribution >= 0.6 is 0 Å². The molecule has 0 fully saturated rings. The Hall–Kier alpha value is -4.03. The van der Waals surface area contributed by atoms with Crippen molar-refractivity contribution in [3.63, 3.8) is 0 Å². The second-order valence-corrected chi connectivity index (χ2v) is 8.70. The van der Waals surface area contributed by atoms with E-state index in [1.807, 2.05) is 67.7 Å². The molecule has 0 spiro atoms. The lowest BCUT2D eigenvalue weighted by atomic mass is 10.0. The van der Waals surface area contributed by atoms with Gasteiger partial charge in [0.25, 0.3) is 0 Å². The van der Waals surface area contributed by atoms with Gasteiger partial charge in [-0.25, -0.2) is 0 Å². The van der Waals surface area contributed by atoms with Crippen molar-refractivity contribution in [2.75, 3.05) is 6.79 Å². The SMILES string of the molecule is Cn1c(-c2ccccc2)c(C=CC(=O)N[C@@H]2c3ccccc3C[C@@H]2O)c2cc3c(cc21)OCO3. The smallest absolute Gasteiger partial charge is 0.244 e. The van der Waals surface area contributed by atoms with Crippen LogP contribution in [0.2, 0.25) is 0 Å².